The second kappa shape index (κ2) is 8.40. The third-order valence-corrected chi connectivity index (χ3v) is 2.78. The molecule has 0 fully saturated rings. The van der Waals surface area contributed by atoms with E-state index in [4.69, 9.17) is 10.5 Å². The highest BCUT2D eigenvalue weighted by Gasteiger charge is 2.10. The molecule has 0 aliphatic rings. The standard InChI is InChI=1S/C9H21N3O4S/c1-16-8(7-10)6-9(13)11-4-3-5-12-17(2,14)15/h8,12H,3-7,10H2,1-2H3,(H,11,13). The zero-order chi connectivity index (χ0) is 13.3. The second-order valence-electron chi connectivity index (χ2n) is 3.67. The number of methoxy groups -OCH3 is 1. The Morgan fingerprint density at radius 1 is 1.41 bits per heavy atom. The van der Waals surface area contributed by atoms with E-state index in [9.17, 15) is 13.2 Å². The van der Waals surface area contributed by atoms with Gasteiger partial charge in [0.1, 0.15) is 0 Å². The molecule has 0 bridgehead atoms. The number of carbonyl (C=O) groups is 1. The monoisotopic (exact) mass is 267 g/mol. The lowest BCUT2D eigenvalue weighted by Gasteiger charge is -2.12. The molecule has 0 saturated carbocycles. The van der Waals surface area contributed by atoms with Gasteiger partial charge in [0.05, 0.1) is 18.8 Å². The third-order valence-electron chi connectivity index (χ3n) is 2.05. The van der Waals surface area contributed by atoms with E-state index in [1.165, 1.54) is 7.11 Å². The molecule has 0 heterocycles. The van der Waals surface area contributed by atoms with Crippen LogP contribution >= 0.6 is 0 Å². The van der Waals surface area contributed by atoms with Crippen LogP contribution in [-0.4, -0.2) is 53.4 Å². The molecule has 0 aromatic heterocycles. The minimum atomic E-state index is -3.15. The van der Waals surface area contributed by atoms with Crippen molar-refractivity contribution in [3.05, 3.63) is 0 Å². The summed E-state index contributed by atoms with van der Waals surface area (Å²) >= 11 is 0. The van der Waals surface area contributed by atoms with Crippen LogP contribution in [-0.2, 0) is 19.6 Å². The Morgan fingerprint density at radius 2 is 2.06 bits per heavy atom. The number of ether oxygens (including phenoxy) is 1. The molecule has 0 aromatic carbocycles. The Labute approximate surface area is 102 Å². The molecule has 102 valence electrons. The van der Waals surface area contributed by atoms with Gasteiger partial charge >= 0.3 is 0 Å². The van der Waals surface area contributed by atoms with Gasteiger partial charge in [-0.3, -0.25) is 4.79 Å². The van der Waals surface area contributed by atoms with Crippen molar-refractivity contribution in [3.63, 3.8) is 0 Å². The van der Waals surface area contributed by atoms with Crippen molar-refractivity contribution in [2.75, 3.05) is 33.0 Å². The number of nitrogens with two attached hydrogens (primary N) is 1. The van der Waals surface area contributed by atoms with Crippen LogP contribution in [0.15, 0.2) is 0 Å². The van der Waals surface area contributed by atoms with Crippen LogP contribution in [0.1, 0.15) is 12.8 Å². The SMILES string of the molecule is COC(CN)CC(=O)NCCCNS(C)(=O)=O. The van der Waals surface area contributed by atoms with E-state index in [1.807, 2.05) is 0 Å². The van der Waals surface area contributed by atoms with Crippen LogP contribution in [0.2, 0.25) is 0 Å². The van der Waals surface area contributed by atoms with E-state index in [1.54, 1.807) is 0 Å². The lowest BCUT2D eigenvalue weighted by atomic mass is 10.2. The van der Waals surface area contributed by atoms with Crippen molar-refractivity contribution in [2.24, 2.45) is 5.73 Å². The van der Waals surface area contributed by atoms with Gasteiger partial charge in [0.25, 0.3) is 0 Å². The summed E-state index contributed by atoms with van der Waals surface area (Å²) in [5, 5.41) is 2.66. The Bertz CT molecular complexity index is 314. The van der Waals surface area contributed by atoms with Gasteiger partial charge in [-0.05, 0) is 6.42 Å². The third kappa shape index (κ3) is 10.2. The maximum atomic E-state index is 11.3. The van der Waals surface area contributed by atoms with Crippen LogP contribution in [0.5, 0.6) is 0 Å². The number of sulfonamides is 1. The molecular weight excluding hydrogens is 246 g/mol. The molecule has 1 unspecified atom stereocenters. The normalized spacial score (nSPS) is 13.4. The van der Waals surface area contributed by atoms with Crippen molar-refractivity contribution in [2.45, 2.75) is 18.9 Å². The largest absolute Gasteiger partial charge is 0.380 e. The molecular formula is C9H21N3O4S. The van der Waals surface area contributed by atoms with Crippen molar-refractivity contribution >= 4 is 15.9 Å². The summed E-state index contributed by atoms with van der Waals surface area (Å²) in [6, 6.07) is 0. The highest BCUT2D eigenvalue weighted by Crippen LogP contribution is 1.94. The fraction of sp³-hybridized carbons (Fsp3) is 0.889. The number of hydrogen-bond donors (Lipinski definition) is 3. The predicted molar refractivity (Wildman–Crippen MR) is 64.9 cm³/mol. The van der Waals surface area contributed by atoms with Gasteiger partial charge in [-0.15, -0.1) is 0 Å². The molecule has 0 aromatic rings. The van der Waals surface area contributed by atoms with E-state index in [-0.39, 0.29) is 18.4 Å². The van der Waals surface area contributed by atoms with Crippen LogP contribution in [0.4, 0.5) is 0 Å². The van der Waals surface area contributed by atoms with Gasteiger partial charge in [-0.2, -0.15) is 0 Å². The summed E-state index contributed by atoms with van der Waals surface area (Å²) in [5.41, 5.74) is 5.37. The molecule has 0 radical (unpaired) electrons. The summed E-state index contributed by atoms with van der Waals surface area (Å²) in [6.45, 7) is 1.02. The van der Waals surface area contributed by atoms with Crippen molar-refractivity contribution in [1.29, 1.82) is 0 Å². The fourth-order valence-electron chi connectivity index (χ4n) is 1.12. The van der Waals surface area contributed by atoms with Gasteiger partial charge in [0.15, 0.2) is 0 Å². The fourth-order valence-corrected chi connectivity index (χ4v) is 1.63. The predicted octanol–water partition coefficient (Wildman–Crippen LogP) is -1.59. The number of carbonyl (C=O) groups excluding carboxylic acids is 1. The maximum Gasteiger partial charge on any atom is 0.222 e. The number of hydrogen-bond acceptors (Lipinski definition) is 5. The molecule has 1 amide bonds. The molecule has 0 spiro atoms. The first kappa shape index (κ1) is 16.3. The Hall–Kier alpha value is -0.700. The topological polar surface area (TPSA) is 111 Å². The van der Waals surface area contributed by atoms with Crippen molar-refractivity contribution < 1.29 is 17.9 Å². The molecule has 7 nitrogen and oxygen atoms in total. The minimum absolute atomic E-state index is 0.151. The summed E-state index contributed by atoms with van der Waals surface area (Å²) < 4.78 is 28.7. The first-order valence-corrected chi connectivity index (χ1v) is 7.22. The lowest BCUT2D eigenvalue weighted by Crippen LogP contribution is -2.34. The van der Waals surface area contributed by atoms with Crippen molar-refractivity contribution in [1.82, 2.24) is 10.0 Å². The highest BCUT2D eigenvalue weighted by atomic mass is 32.2. The Kier molecular flexibility index (Phi) is 8.05. The van der Waals surface area contributed by atoms with Gasteiger partial charge < -0.3 is 15.8 Å². The number of rotatable bonds is 9. The zero-order valence-electron chi connectivity index (χ0n) is 10.2. The maximum absolute atomic E-state index is 11.3. The number of amides is 1. The second-order valence-corrected chi connectivity index (χ2v) is 5.50. The van der Waals surface area contributed by atoms with Gasteiger partial charge in [-0.25, -0.2) is 13.1 Å². The molecule has 8 heteroatoms. The van der Waals surface area contributed by atoms with Crippen LogP contribution in [0.3, 0.4) is 0 Å². The smallest absolute Gasteiger partial charge is 0.222 e. The molecule has 1 atom stereocenters. The summed E-state index contributed by atoms with van der Waals surface area (Å²) in [4.78, 5) is 11.3. The quantitative estimate of drug-likeness (QED) is 0.436. The Balaban J connectivity index is 3.58. The lowest BCUT2D eigenvalue weighted by molar-refractivity contribution is -0.123. The average Bonchev–Trinajstić information content (AvgIpc) is 2.23. The summed E-state index contributed by atoms with van der Waals surface area (Å²) in [7, 11) is -1.65. The van der Waals surface area contributed by atoms with Gasteiger partial charge in [0.2, 0.25) is 15.9 Å². The minimum Gasteiger partial charge on any atom is -0.380 e. The van der Waals surface area contributed by atoms with Crippen LogP contribution in [0.25, 0.3) is 0 Å². The zero-order valence-corrected chi connectivity index (χ0v) is 11.0. The Morgan fingerprint density at radius 3 is 2.53 bits per heavy atom. The molecule has 0 aliphatic heterocycles. The van der Waals surface area contributed by atoms with E-state index in [0.29, 0.717) is 26.1 Å². The van der Waals surface area contributed by atoms with Crippen LogP contribution in [0, 0.1) is 0 Å². The van der Waals surface area contributed by atoms with E-state index in [0.717, 1.165) is 6.26 Å². The number of nitrogens with one attached hydrogen (secondary N) is 2. The summed E-state index contributed by atoms with van der Waals surface area (Å²) in [5.74, 6) is -0.151. The van der Waals surface area contributed by atoms with E-state index < -0.39 is 10.0 Å². The van der Waals surface area contributed by atoms with Gasteiger partial charge in [0, 0.05) is 26.7 Å². The molecule has 0 saturated heterocycles. The molecule has 0 aliphatic carbocycles. The first-order chi connectivity index (χ1) is 7.89. The van der Waals surface area contributed by atoms with E-state index >= 15 is 0 Å². The van der Waals surface area contributed by atoms with E-state index in [2.05, 4.69) is 10.0 Å². The molecule has 17 heavy (non-hydrogen) atoms. The highest BCUT2D eigenvalue weighted by molar-refractivity contribution is 7.88. The molecule has 0 rings (SSSR count). The summed E-state index contributed by atoms with van der Waals surface area (Å²) in [6.07, 6.45) is 1.57. The van der Waals surface area contributed by atoms with Crippen molar-refractivity contribution in [3.8, 4) is 0 Å². The molecule has 4 N–H and O–H groups in total. The van der Waals surface area contributed by atoms with Crippen LogP contribution < -0.4 is 15.8 Å². The van der Waals surface area contributed by atoms with Gasteiger partial charge in [-0.1, -0.05) is 0 Å². The first-order valence-electron chi connectivity index (χ1n) is 5.33. The average molecular weight is 267 g/mol.